The third-order valence-corrected chi connectivity index (χ3v) is 3.15. The SMILES string of the molecule is COc1ccccc1OC(C)C(=O)N1CCNCC1. The summed E-state index contributed by atoms with van der Waals surface area (Å²) in [5.41, 5.74) is 0. The van der Waals surface area contributed by atoms with E-state index in [0.29, 0.717) is 11.5 Å². The molecule has 0 spiro atoms. The first kappa shape index (κ1) is 13.7. The van der Waals surface area contributed by atoms with Crippen LogP contribution in [0.1, 0.15) is 6.92 Å². The lowest BCUT2D eigenvalue weighted by Crippen LogP contribution is -2.50. The second kappa shape index (κ2) is 6.43. The molecule has 0 radical (unpaired) electrons. The maximum atomic E-state index is 12.2. The summed E-state index contributed by atoms with van der Waals surface area (Å²) in [6.45, 7) is 4.92. The highest BCUT2D eigenvalue weighted by molar-refractivity contribution is 5.81. The molecule has 0 saturated carbocycles. The Hall–Kier alpha value is -1.75. The predicted octanol–water partition coefficient (Wildman–Crippen LogP) is 0.894. The smallest absolute Gasteiger partial charge is 0.263 e. The van der Waals surface area contributed by atoms with Crippen molar-refractivity contribution in [3.8, 4) is 11.5 Å². The summed E-state index contributed by atoms with van der Waals surface area (Å²) in [5.74, 6) is 1.26. The number of hydrogen-bond donors (Lipinski definition) is 1. The number of methoxy groups -OCH3 is 1. The Bertz CT molecular complexity index is 430. The van der Waals surface area contributed by atoms with Crippen molar-refractivity contribution in [3.05, 3.63) is 24.3 Å². The van der Waals surface area contributed by atoms with Gasteiger partial charge in [-0.2, -0.15) is 0 Å². The molecule has 1 aromatic rings. The minimum absolute atomic E-state index is 0.0207. The molecule has 1 saturated heterocycles. The van der Waals surface area contributed by atoms with Gasteiger partial charge >= 0.3 is 0 Å². The Balaban J connectivity index is 1.99. The molecule has 1 N–H and O–H groups in total. The first-order valence-corrected chi connectivity index (χ1v) is 6.51. The molecule has 0 aromatic heterocycles. The molecule has 2 rings (SSSR count). The van der Waals surface area contributed by atoms with Gasteiger partial charge in [0.15, 0.2) is 17.6 Å². The minimum Gasteiger partial charge on any atom is -0.493 e. The molecule has 1 aromatic carbocycles. The van der Waals surface area contributed by atoms with Crippen LogP contribution in [0.25, 0.3) is 0 Å². The first-order chi connectivity index (χ1) is 9.22. The van der Waals surface area contributed by atoms with Crippen LogP contribution in [-0.2, 0) is 4.79 Å². The highest BCUT2D eigenvalue weighted by Gasteiger charge is 2.24. The van der Waals surface area contributed by atoms with E-state index in [4.69, 9.17) is 9.47 Å². The number of para-hydroxylation sites is 2. The fourth-order valence-electron chi connectivity index (χ4n) is 2.10. The molecule has 1 heterocycles. The van der Waals surface area contributed by atoms with Gasteiger partial charge in [0.05, 0.1) is 7.11 Å². The molecule has 1 atom stereocenters. The van der Waals surface area contributed by atoms with Crippen molar-refractivity contribution in [3.63, 3.8) is 0 Å². The number of carbonyl (C=O) groups is 1. The Morgan fingerprint density at radius 3 is 2.53 bits per heavy atom. The zero-order valence-corrected chi connectivity index (χ0v) is 11.4. The summed E-state index contributed by atoms with van der Waals surface area (Å²) in [7, 11) is 1.59. The number of hydrogen-bond acceptors (Lipinski definition) is 4. The van der Waals surface area contributed by atoms with Gasteiger partial charge in [0.25, 0.3) is 5.91 Å². The predicted molar refractivity (Wildman–Crippen MR) is 72.5 cm³/mol. The number of rotatable bonds is 4. The van der Waals surface area contributed by atoms with E-state index in [0.717, 1.165) is 26.2 Å². The van der Waals surface area contributed by atoms with Crippen LogP contribution in [-0.4, -0.2) is 50.2 Å². The highest BCUT2D eigenvalue weighted by Crippen LogP contribution is 2.27. The van der Waals surface area contributed by atoms with E-state index in [-0.39, 0.29) is 5.91 Å². The van der Waals surface area contributed by atoms with E-state index >= 15 is 0 Å². The number of nitrogens with zero attached hydrogens (tertiary/aromatic N) is 1. The van der Waals surface area contributed by atoms with Crippen molar-refractivity contribution in [2.75, 3.05) is 33.3 Å². The van der Waals surface area contributed by atoms with Crippen LogP contribution < -0.4 is 14.8 Å². The highest BCUT2D eigenvalue weighted by atomic mass is 16.5. The quantitative estimate of drug-likeness (QED) is 0.877. The van der Waals surface area contributed by atoms with Gasteiger partial charge in [-0.25, -0.2) is 0 Å². The van der Waals surface area contributed by atoms with E-state index in [9.17, 15) is 4.79 Å². The Kier molecular flexibility index (Phi) is 4.63. The van der Waals surface area contributed by atoms with Gasteiger partial charge in [0.2, 0.25) is 0 Å². The van der Waals surface area contributed by atoms with E-state index in [2.05, 4.69) is 5.32 Å². The normalized spacial score (nSPS) is 16.8. The summed E-state index contributed by atoms with van der Waals surface area (Å²) in [5, 5.41) is 3.22. The maximum Gasteiger partial charge on any atom is 0.263 e. The zero-order chi connectivity index (χ0) is 13.7. The van der Waals surface area contributed by atoms with Gasteiger partial charge in [0, 0.05) is 26.2 Å². The lowest BCUT2D eigenvalue weighted by Gasteiger charge is -2.29. The molecule has 1 unspecified atom stereocenters. The third kappa shape index (κ3) is 3.38. The molecule has 0 aliphatic carbocycles. The molecule has 19 heavy (non-hydrogen) atoms. The van der Waals surface area contributed by atoms with Gasteiger partial charge in [-0.3, -0.25) is 4.79 Å². The van der Waals surface area contributed by atoms with Crippen molar-refractivity contribution in [1.82, 2.24) is 10.2 Å². The third-order valence-electron chi connectivity index (χ3n) is 3.15. The first-order valence-electron chi connectivity index (χ1n) is 6.51. The molecule has 5 heteroatoms. The van der Waals surface area contributed by atoms with Crippen molar-refractivity contribution < 1.29 is 14.3 Å². The number of amides is 1. The van der Waals surface area contributed by atoms with Gasteiger partial charge in [0.1, 0.15) is 0 Å². The van der Waals surface area contributed by atoms with E-state index in [1.54, 1.807) is 20.1 Å². The van der Waals surface area contributed by atoms with Gasteiger partial charge in [-0.15, -0.1) is 0 Å². The van der Waals surface area contributed by atoms with Gasteiger partial charge < -0.3 is 19.7 Å². The van der Waals surface area contributed by atoms with E-state index in [1.807, 2.05) is 23.1 Å². The molecule has 5 nitrogen and oxygen atoms in total. The van der Waals surface area contributed by atoms with E-state index < -0.39 is 6.10 Å². The topological polar surface area (TPSA) is 50.8 Å². The van der Waals surface area contributed by atoms with Crippen LogP contribution in [0, 0.1) is 0 Å². The van der Waals surface area contributed by atoms with Crippen molar-refractivity contribution in [2.24, 2.45) is 0 Å². The summed E-state index contributed by atoms with van der Waals surface area (Å²) in [4.78, 5) is 14.1. The molecule has 104 valence electrons. The summed E-state index contributed by atoms with van der Waals surface area (Å²) < 4.78 is 10.9. The standard InChI is InChI=1S/C14H20N2O3/c1-11(14(17)16-9-7-15-8-10-16)19-13-6-4-3-5-12(13)18-2/h3-6,11,15H,7-10H2,1-2H3. The Morgan fingerprint density at radius 1 is 1.26 bits per heavy atom. The molecular formula is C14H20N2O3. The van der Waals surface area contributed by atoms with Crippen LogP contribution >= 0.6 is 0 Å². The van der Waals surface area contributed by atoms with Crippen LogP contribution in [0.3, 0.4) is 0 Å². The number of ether oxygens (including phenoxy) is 2. The fraction of sp³-hybridized carbons (Fsp3) is 0.500. The van der Waals surface area contributed by atoms with Crippen LogP contribution in [0.2, 0.25) is 0 Å². The molecule has 1 amide bonds. The van der Waals surface area contributed by atoms with Crippen LogP contribution in [0.15, 0.2) is 24.3 Å². The summed E-state index contributed by atoms with van der Waals surface area (Å²) >= 11 is 0. The van der Waals surface area contributed by atoms with Crippen LogP contribution in [0.4, 0.5) is 0 Å². The van der Waals surface area contributed by atoms with Crippen molar-refractivity contribution >= 4 is 5.91 Å². The Morgan fingerprint density at radius 2 is 1.89 bits per heavy atom. The van der Waals surface area contributed by atoms with Crippen molar-refractivity contribution in [1.29, 1.82) is 0 Å². The summed E-state index contributed by atoms with van der Waals surface area (Å²) in [6, 6.07) is 7.35. The number of piperazine rings is 1. The largest absolute Gasteiger partial charge is 0.493 e. The maximum absolute atomic E-state index is 12.2. The lowest BCUT2D eigenvalue weighted by atomic mass is 10.2. The number of carbonyl (C=O) groups excluding carboxylic acids is 1. The number of benzene rings is 1. The monoisotopic (exact) mass is 264 g/mol. The van der Waals surface area contributed by atoms with Crippen LogP contribution in [0.5, 0.6) is 11.5 Å². The molecule has 1 fully saturated rings. The molecular weight excluding hydrogens is 244 g/mol. The van der Waals surface area contributed by atoms with Gasteiger partial charge in [-0.05, 0) is 19.1 Å². The Labute approximate surface area is 113 Å². The minimum atomic E-state index is -0.505. The molecule has 1 aliphatic rings. The molecule has 1 aliphatic heterocycles. The second-order valence-corrected chi connectivity index (χ2v) is 4.49. The van der Waals surface area contributed by atoms with Crippen molar-refractivity contribution in [2.45, 2.75) is 13.0 Å². The van der Waals surface area contributed by atoms with Gasteiger partial charge in [-0.1, -0.05) is 12.1 Å². The zero-order valence-electron chi connectivity index (χ0n) is 11.4. The second-order valence-electron chi connectivity index (χ2n) is 4.49. The lowest BCUT2D eigenvalue weighted by molar-refractivity contribution is -0.138. The average molecular weight is 264 g/mol. The van der Waals surface area contributed by atoms with E-state index in [1.165, 1.54) is 0 Å². The summed E-state index contributed by atoms with van der Waals surface area (Å²) in [6.07, 6.45) is -0.505. The average Bonchev–Trinajstić information content (AvgIpc) is 2.48. The molecule has 0 bridgehead atoms. The fourth-order valence-corrected chi connectivity index (χ4v) is 2.10. The number of nitrogens with one attached hydrogen (secondary N) is 1.